The number of hydrogen-bond acceptors (Lipinski definition) is 13. The molecule has 146 heavy (non-hydrogen) atoms. The fraction of sp³-hybridized carbons (Fsp3) is 0.347. The van der Waals surface area contributed by atoms with Gasteiger partial charge in [-0.2, -0.15) is 0 Å². The van der Waals surface area contributed by atoms with Gasteiger partial charge in [-0.15, -0.1) is 0 Å². The Morgan fingerprint density at radius 1 is 0.329 bits per heavy atom. The first kappa shape index (κ1) is 97.8. The van der Waals surface area contributed by atoms with E-state index < -0.39 is 11.2 Å². The van der Waals surface area contributed by atoms with Crippen LogP contribution in [0, 0.1) is 52.8 Å². The lowest BCUT2D eigenvalue weighted by Gasteiger charge is -2.36. The third-order valence-corrected chi connectivity index (χ3v) is 33.1. The van der Waals surface area contributed by atoms with Crippen LogP contribution in [0.2, 0.25) is 0 Å². The number of pyridine rings is 4. The van der Waals surface area contributed by atoms with Gasteiger partial charge in [0.15, 0.2) is 0 Å². The Morgan fingerprint density at radius 2 is 0.616 bits per heavy atom. The molecule has 25 heteroatoms. The van der Waals surface area contributed by atoms with E-state index in [-0.39, 0.29) is 70.5 Å². The molecule has 8 aromatic heterocycles. The number of aromatic amines is 4. The molecule has 3 amide bonds. The average Bonchev–Trinajstić information content (AvgIpc) is 1.52. The molecule has 20 nitrogen and oxygen atoms in total. The molecule has 24 rings (SSSR count). The number of imidazole rings is 4. The molecule has 10 aromatic carbocycles. The molecule has 18 aromatic rings. The Labute approximate surface area is 844 Å². The summed E-state index contributed by atoms with van der Waals surface area (Å²) in [5, 5.41) is 32.9. The average molecular weight is 1960 g/mol. The van der Waals surface area contributed by atoms with Gasteiger partial charge >= 0.3 is 0 Å². The van der Waals surface area contributed by atoms with E-state index in [0.29, 0.717) is 82.7 Å². The van der Waals surface area contributed by atoms with Crippen LogP contribution in [-0.4, -0.2) is 112 Å². The number of rotatable bonds is 21. The molecule has 4 unspecified atom stereocenters. The number of anilines is 1. The van der Waals surface area contributed by atoms with Crippen LogP contribution >= 0.6 is 0 Å². The highest BCUT2D eigenvalue weighted by Crippen LogP contribution is 2.50. The van der Waals surface area contributed by atoms with Gasteiger partial charge in [0.2, 0.25) is 0 Å². The standard InChI is InChI=1S/C31H29FN4O.C30H27F2N3.2C30H33FN4O2/c1-19(20-7-9-21(10-8-20)25-15-16-33-27-14-12-23(32)18-26(25)27)30-35-28-13-11-22(17-29(28)36-30)31(37)34-24-5-3-2-4-6-24;1-18(30-34-28-16-24(20-5-3-2-4-6-20)26(32)17-29(28)35-30)19-7-9-21(10-8-19)23-13-14-33-27-12-11-22(31)15-25(23)27;2*1-18(19-3-5-20(6-4-19)23-11-14-32-25-10-8-22(31)16-24(23)25)28-34-26-9-7-21(15-27(26)35-28)29(36)33-17-30(37)12-2-13-30/h2-6,11-21H,7-10H2,1H3,(H,34,37)(H,35,36);2-6,11-19,21H,7-10H2,1H3,(H,34,35);2*7-11,14-16,18-20,37H,2-6,12-13,17H2,1H3,(H,33,36)(H,34,35). The molecule has 746 valence electrons. The van der Waals surface area contributed by atoms with Crippen molar-refractivity contribution in [2.75, 3.05) is 18.4 Å². The molecule has 6 saturated carbocycles. The van der Waals surface area contributed by atoms with Gasteiger partial charge in [-0.3, -0.25) is 34.3 Å². The lowest BCUT2D eigenvalue weighted by molar-refractivity contribution is -0.0302. The van der Waals surface area contributed by atoms with Crippen LogP contribution in [0.5, 0.6) is 0 Å². The minimum Gasteiger partial charge on any atom is -0.388 e. The number of nitrogens with zero attached hydrogens (tertiary/aromatic N) is 8. The number of carbonyl (C=O) groups excluding carboxylic acids is 3. The van der Waals surface area contributed by atoms with Crippen LogP contribution in [0.15, 0.2) is 249 Å². The minimum atomic E-state index is -0.740. The number of para-hydroxylation sites is 1. The van der Waals surface area contributed by atoms with Crippen molar-refractivity contribution in [3.63, 3.8) is 0 Å². The summed E-state index contributed by atoms with van der Waals surface area (Å²) in [4.78, 5) is 88.9. The smallest absolute Gasteiger partial charge is 0.255 e. The van der Waals surface area contributed by atoms with Crippen LogP contribution in [-0.2, 0) is 0 Å². The molecular formula is C121H122F5N15O5. The van der Waals surface area contributed by atoms with Crippen molar-refractivity contribution in [2.24, 2.45) is 23.7 Å². The quantitative estimate of drug-likeness (QED) is 0.0303. The van der Waals surface area contributed by atoms with Crippen molar-refractivity contribution in [2.45, 2.75) is 227 Å². The Kier molecular flexibility index (Phi) is 28.4. The van der Waals surface area contributed by atoms with Gasteiger partial charge in [-0.1, -0.05) is 76.2 Å². The molecule has 9 N–H and O–H groups in total. The summed E-state index contributed by atoms with van der Waals surface area (Å²) in [6.07, 6.45) is 29.5. The summed E-state index contributed by atoms with van der Waals surface area (Å²) in [5.41, 5.74) is 17.4. The normalized spacial score (nSPS) is 20.5. The fourth-order valence-electron chi connectivity index (χ4n) is 23.8. The van der Waals surface area contributed by atoms with Gasteiger partial charge in [-0.05, 0) is 386 Å². The third kappa shape index (κ3) is 21.4. The van der Waals surface area contributed by atoms with Crippen LogP contribution in [0.4, 0.5) is 27.6 Å². The van der Waals surface area contributed by atoms with Crippen molar-refractivity contribution in [3.05, 3.63) is 341 Å². The second kappa shape index (κ2) is 42.4. The summed E-state index contributed by atoms with van der Waals surface area (Å²) in [6.45, 7) is 9.50. The first-order valence-corrected chi connectivity index (χ1v) is 52.2. The van der Waals surface area contributed by atoms with Crippen molar-refractivity contribution >= 4 is 111 Å². The third-order valence-electron chi connectivity index (χ3n) is 33.1. The molecule has 6 fully saturated rings. The van der Waals surface area contributed by atoms with E-state index >= 15 is 0 Å². The summed E-state index contributed by atoms with van der Waals surface area (Å²) >= 11 is 0. The second-order valence-electron chi connectivity index (χ2n) is 42.1. The highest BCUT2D eigenvalue weighted by atomic mass is 19.1. The van der Waals surface area contributed by atoms with Gasteiger partial charge in [0.1, 0.15) is 52.4 Å². The molecule has 0 aliphatic heterocycles. The van der Waals surface area contributed by atoms with E-state index in [0.717, 1.165) is 264 Å². The minimum absolute atomic E-state index is 0.140. The summed E-state index contributed by atoms with van der Waals surface area (Å²) in [6, 6.07) is 66.7. The van der Waals surface area contributed by atoms with Crippen LogP contribution in [0.3, 0.4) is 0 Å². The number of fused-ring (bicyclic) bond motifs is 8. The van der Waals surface area contributed by atoms with Gasteiger partial charge in [-0.25, -0.2) is 41.9 Å². The summed E-state index contributed by atoms with van der Waals surface area (Å²) in [5.74, 6) is 6.93. The van der Waals surface area contributed by atoms with Gasteiger partial charge in [0, 0.05) is 117 Å². The van der Waals surface area contributed by atoms with E-state index in [1.807, 2.05) is 140 Å². The van der Waals surface area contributed by atoms with E-state index in [1.165, 1.54) is 46.5 Å². The Bertz CT molecular complexity index is 7580. The SMILES string of the molecule is CC(c1nc2cc(-c3ccccc3)c(F)cc2[nH]1)C1CCC(c2ccnc3ccc(F)cc23)CC1.CC(c1nc2ccc(C(=O)NCC3(O)CCC3)cc2[nH]1)C1CCC(c2ccnc3ccc(F)cc23)CC1.CC(c1nc2ccc(C(=O)NCC3(O)CCC3)cc2[nH]1)C1CCC(c2ccnc3ccc(F)cc23)CC1.CC(c1nc2ccc(C(=O)Nc3ccccc3)cc2[nH]1)C1CCC(c2ccnc3ccc(F)cc23)CC1. The van der Waals surface area contributed by atoms with Crippen LogP contribution in [0.1, 0.15) is 293 Å². The van der Waals surface area contributed by atoms with Crippen molar-refractivity contribution in [3.8, 4) is 11.1 Å². The van der Waals surface area contributed by atoms with Crippen molar-refractivity contribution < 1.29 is 46.5 Å². The van der Waals surface area contributed by atoms with Gasteiger partial charge < -0.3 is 46.1 Å². The molecule has 0 bridgehead atoms. The molecule has 4 atom stereocenters. The van der Waals surface area contributed by atoms with E-state index in [4.69, 9.17) is 19.9 Å². The lowest BCUT2D eigenvalue weighted by atomic mass is 9.73. The maximum Gasteiger partial charge on any atom is 0.255 e. The highest BCUT2D eigenvalue weighted by Gasteiger charge is 2.39. The van der Waals surface area contributed by atoms with Crippen molar-refractivity contribution in [1.82, 2.24) is 70.4 Å². The Hall–Kier alpha value is -14.3. The first-order valence-electron chi connectivity index (χ1n) is 52.2. The van der Waals surface area contributed by atoms with E-state index in [9.17, 15) is 46.5 Å². The topological polar surface area (TPSA) is 294 Å². The molecule has 0 saturated heterocycles. The Balaban J connectivity index is 0.000000114. The maximum absolute atomic E-state index is 14.8. The first-order chi connectivity index (χ1) is 70.9. The molecule has 8 heterocycles. The number of nitrogens with one attached hydrogen (secondary N) is 7. The lowest BCUT2D eigenvalue weighted by Crippen LogP contribution is -2.47. The van der Waals surface area contributed by atoms with E-state index in [2.05, 4.69) is 102 Å². The van der Waals surface area contributed by atoms with Crippen LogP contribution < -0.4 is 16.0 Å². The maximum atomic E-state index is 14.8. The fourth-order valence-corrected chi connectivity index (χ4v) is 23.8. The largest absolute Gasteiger partial charge is 0.388 e. The summed E-state index contributed by atoms with van der Waals surface area (Å²) in [7, 11) is 0. The molecule has 6 aliphatic carbocycles. The number of hydrogen-bond donors (Lipinski definition) is 9. The van der Waals surface area contributed by atoms with E-state index in [1.54, 1.807) is 66.7 Å². The number of carbonyl (C=O) groups is 3. The van der Waals surface area contributed by atoms with Crippen LogP contribution in [0.25, 0.3) is 98.9 Å². The Morgan fingerprint density at radius 3 is 0.925 bits per heavy atom. The number of H-pyrrole nitrogens is 4. The zero-order chi connectivity index (χ0) is 100. The van der Waals surface area contributed by atoms with Crippen molar-refractivity contribution in [1.29, 1.82) is 0 Å². The number of amides is 3. The molecule has 0 radical (unpaired) electrons. The zero-order valence-corrected chi connectivity index (χ0v) is 82.7. The number of halogens is 5. The number of aliphatic hydroxyl groups is 2. The zero-order valence-electron chi connectivity index (χ0n) is 82.7. The molecular weight excluding hydrogens is 1840 g/mol. The second-order valence-corrected chi connectivity index (χ2v) is 42.1. The monoisotopic (exact) mass is 1960 g/mol. The number of benzene rings is 10. The van der Waals surface area contributed by atoms with Gasteiger partial charge in [0.05, 0.1) is 77.4 Å². The molecule has 6 aliphatic rings. The predicted molar refractivity (Wildman–Crippen MR) is 566 cm³/mol. The molecule has 0 spiro atoms. The van der Waals surface area contributed by atoms with Gasteiger partial charge in [0.25, 0.3) is 17.7 Å². The summed E-state index contributed by atoms with van der Waals surface area (Å²) < 4.78 is 70.5. The highest BCUT2D eigenvalue weighted by molar-refractivity contribution is 6.06. The number of aromatic nitrogens is 12. The predicted octanol–water partition coefficient (Wildman–Crippen LogP) is 27.7.